The topological polar surface area (TPSA) is 49.7 Å². The summed E-state index contributed by atoms with van der Waals surface area (Å²) in [5.74, 6) is 1.63. The Morgan fingerprint density at radius 3 is 2.82 bits per heavy atom. The largest absolute Gasteiger partial charge is 0.504 e. The number of aliphatic hydroxyl groups is 1. The highest BCUT2D eigenvalue weighted by Crippen LogP contribution is 2.67. The van der Waals surface area contributed by atoms with Crippen molar-refractivity contribution in [3.63, 3.8) is 0 Å². The van der Waals surface area contributed by atoms with Gasteiger partial charge < -0.3 is 19.4 Å². The summed E-state index contributed by atoms with van der Waals surface area (Å²) in [5.41, 5.74) is 2.25. The zero-order valence-corrected chi connectivity index (χ0v) is 16.9. The lowest BCUT2D eigenvalue weighted by Gasteiger charge is -2.65. The predicted octanol–water partition coefficient (Wildman–Crippen LogP) is 3.44. The Bertz CT molecular complexity index is 875. The molecule has 0 aromatic heterocycles. The first-order chi connectivity index (χ1) is 13.4. The molecular formula is C24H32NO3+. The van der Waals surface area contributed by atoms with Crippen LogP contribution in [0.3, 0.4) is 0 Å². The standard InChI is InChI=1S/C24H31NO3/c1-15-9-10-24(27)19-13-17-7-8-18(26)21-20(17)23(24,22(15)28-21)11-12-25(19,2)14-16-5-3-4-6-16/h7-8,16,19,22,27H,1,3-6,9-14H2,2H3/p+1/t19-,22+,23+,24?,25-/m1/s1. The molecule has 1 spiro atoms. The quantitative estimate of drug-likeness (QED) is 0.609. The third kappa shape index (κ3) is 1.85. The fraction of sp³-hybridized carbons (Fsp3) is 0.667. The van der Waals surface area contributed by atoms with E-state index in [-0.39, 0.29) is 17.9 Å². The summed E-state index contributed by atoms with van der Waals surface area (Å²) in [6.07, 6.45) is 8.61. The summed E-state index contributed by atoms with van der Waals surface area (Å²) in [5, 5.41) is 22.9. The van der Waals surface area contributed by atoms with Crippen LogP contribution in [0.25, 0.3) is 0 Å². The van der Waals surface area contributed by atoms with Crippen molar-refractivity contribution in [2.45, 2.75) is 74.5 Å². The summed E-state index contributed by atoms with van der Waals surface area (Å²) in [6, 6.07) is 4.06. The first-order valence-electron chi connectivity index (χ1n) is 11.2. The van der Waals surface area contributed by atoms with Gasteiger partial charge in [-0.05, 0) is 42.9 Å². The number of phenolic OH excluding ortho intramolecular Hbond substituents is 1. The van der Waals surface area contributed by atoms with Gasteiger partial charge in [-0.25, -0.2) is 0 Å². The van der Waals surface area contributed by atoms with Crippen molar-refractivity contribution >= 4 is 0 Å². The lowest BCUT2D eigenvalue weighted by molar-refractivity contribution is -0.952. The van der Waals surface area contributed by atoms with Crippen LogP contribution in [-0.4, -0.2) is 52.6 Å². The molecule has 2 aliphatic heterocycles. The lowest BCUT2D eigenvalue weighted by atomic mass is 9.48. The Hall–Kier alpha value is -1.52. The molecule has 2 heterocycles. The third-order valence-electron chi connectivity index (χ3n) is 9.21. The van der Waals surface area contributed by atoms with E-state index in [1.807, 2.05) is 0 Å². The number of quaternary nitrogens is 1. The van der Waals surface area contributed by atoms with E-state index in [0.717, 1.165) is 53.8 Å². The molecule has 1 unspecified atom stereocenters. The minimum atomic E-state index is -0.781. The fourth-order valence-electron chi connectivity index (χ4n) is 7.96. The van der Waals surface area contributed by atoms with Crippen molar-refractivity contribution in [2.75, 3.05) is 20.1 Å². The molecule has 28 heavy (non-hydrogen) atoms. The molecule has 6 rings (SSSR count). The molecule has 5 atom stereocenters. The number of benzene rings is 1. The van der Waals surface area contributed by atoms with Gasteiger partial charge in [0.25, 0.3) is 0 Å². The van der Waals surface area contributed by atoms with Gasteiger partial charge >= 0.3 is 0 Å². The monoisotopic (exact) mass is 382 g/mol. The molecular weight excluding hydrogens is 350 g/mol. The number of phenols is 1. The SMILES string of the molecule is C=C1CCC2(O)[C@H]3Cc4ccc(O)c5c4[C@@]2(CC[N@+]3(C)CC2CCCC2)[C@H]1O5. The maximum atomic E-state index is 12.4. The van der Waals surface area contributed by atoms with Gasteiger partial charge in [0.2, 0.25) is 0 Å². The number of rotatable bonds is 2. The molecule has 0 amide bonds. The smallest absolute Gasteiger partial charge is 0.166 e. The van der Waals surface area contributed by atoms with Crippen LogP contribution in [0.5, 0.6) is 11.5 Å². The van der Waals surface area contributed by atoms with Gasteiger partial charge in [0.1, 0.15) is 17.7 Å². The molecule has 4 heteroatoms. The first-order valence-corrected chi connectivity index (χ1v) is 11.2. The van der Waals surface area contributed by atoms with Crippen molar-refractivity contribution in [2.24, 2.45) is 5.92 Å². The second-order valence-corrected chi connectivity index (χ2v) is 10.5. The Labute approximate surface area is 167 Å². The van der Waals surface area contributed by atoms with Crippen molar-refractivity contribution in [3.8, 4) is 11.5 Å². The molecule has 2 saturated carbocycles. The Morgan fingerprint density at radius 1 is 1.25 bits per heavy atom. The number of hydrogen-bond acceptors (Lipinski definition) is 3. The normalized spacial score (nSPS) is 43.7. The van der Waals surface area contributed by atoms with E-state index in [0.29, 0.717) is 5.75 Å². The zero-order valence-electron chi connectivity index (χ0n) is 16.9. The van der Waals surface area contributed by atoms with Crippen LogP contribution in [0.1, 0.15) is 56.1 Å². The molecule has 5 aliphatic rings. The summed E-state index contributed by atoms with van der Waals surface area (Å²) >= 11 is 0. The average molecular weight is 383 g/mol. The molecule has 0 radical (unpaired) electrons. The van der Waals surface area contributed by atoms with Gasteiger partial charge in [-0.15, -0.1) is 0 Å². The third-order valence-corrected chi connectivity index (χ3v) is 9.21. The molecule has 150 valence electrons. The second-order valence-electron chi connectivity index (χ2n) is 10.5. The van der Waals surface area contributed by atoms with Crippen molar-refractivity contribution in [1.82, 2.24) is 0 Å². The Balaban J connectivity index is 1.53. The van der Waals surface area contributed by atoms with Crippen molar-refractivity contribution < 1.29 is 19.4 Å². The lowest BCUT2D eigenvalue weighted by Crippen LogP contribution is -2.80. The summed E-state index contributed by atoms with van der Waals surface area (Å²) in [4.78, 5) is 0. The van der Waals surface area contributed by atoms with Crippen LogP contribution >= 0.6 is 0 Å². The van der Waals surface area contributed by atoms with Crippen LogP contribution in [0.2, 0.25) is 0 Å². The van der Waals surface area contributed by atoms with E-state index in [1.165, 1.54) is 37.8 Å². The van der Waals surface area contributed by atoms with E-state index < -0.39 is 11.0 Å². The molecule has 1 aromatic carbocycles. The highest BCUT2D eigenvalue weighted by atomic mass is 16.5. The molecule has 4 nitrogen and oxygen atoms in total. The number of aromatic hydroxyl groups is 1. The van der Waals surface area contributed by atoms with Gasteiger partial charge in [0.15, 0.2) is 11.5 Å². The molecule has 3 aliphatic carbocycles. The fourth-order valence-corrected chi connectivity index (χ4v) is 7.96. The van der Waals surface area contributed by atoms with E-state index >= 15 is 0 Å². The maximum Gasteiger partial charge on any atom is 0.166 e. The van der Waals surface area contributed by atoms with Crippen LogP contribution < -0.4 is 4.74 Å². The van der Waals surface area contributed by atoms with Crippen molar-refractivity contribution in [3.05, 3.63) is 35.4 Å². The summed E-state index contributed by atoms with van der Waals surface area (Å²) < 4.78 is 7.36. The van der Waals surface area contributed by atoms with E-state index in [4.69, 9.17) is 4.74 Å². The molecule has 1 saturated heterocycles. The highest BCUT2D eigenvalue weighted by Gasteiger charge is 2.75. The van der Waals surface area contributed by atoms with E-state index in [1.54, 1.807) is 6.07 Å². The van der Waals surface area contributed by atoms with Gasteiger partial charge in [-0.2, -0.15) is 0 Å². The maximum absolute atomic E-state index is 12.4. The number of ether oxygens (including phenoxy) is 1. The minimum absolute atomic E-state index is 0.198. The van der Waals surface area contributed by atoms with E-state index in [9.17, 15) is 10.2 Å². The van der Waals surface area contributed by atoms with E-state index in [2.05, 4.69) is 19.7 Å². The molecule has 2 N–H and O–H groups in total. The Morgan fingerprint density at radius 2 is 2.04 bits per heavy atom. The average Bonchev–Trinajstić information content (AvgIpc) is 3.29. The number of piperidine rings is 1. The van der Waals surface area contributed by atoms with Gasteiger partial charge in [-0.3, -0.25) is 0 Å². The van der Waals surface area contributed by atoms with Crippen LogP contribution in [0, 0.1) is 5.92 Å². The number of nitrogens with zero attached hydrogens (tertiary/aromatic N) is 1. The van der Waals surface area contributed by atoms with Gasteiger partial charge in [0.05, 0.1) is 25.6 Å². The zero-order chi connectivity index (χ0) is 19.3. The molecule has 1 aromatic rings. The molecule has 2 bridgehead atoms. The second kappa shape index (κ2) is 5.34. The first kappa shape index (κ1) is 17.3. The Kier molecular flexibility index (Phi) is 3.31. The summed E-state index contributed by atoms with van der Waals surface area (Å²) in [6.45, 7) is 6.59. The van der Waals surface area contributed by atoms with Crippen molar-refractivity contribution in [1.29, 1.82) is 0 Å². The van der Waals surface area contributed by atoms with Crippen LogP contribution in [0.15, 0.2) is 24.3 Å². The van der Waals surface area contributed by atoms with Crippen LogP contribution in [0.4, 0.5) is 0 Å². The predicted molar refractivity (Wildman–Crippen MR) is 108 cm³/mol. The van der Waals surface area contributed by atoms with Crippen LogP contribution in [-0.2, 0) is 11.8 Å². The number of likely N-dealkylation sites (tertiary alicyclic amines) is 1. The van der Waals surface area contributed by atoms with Gasteiger partial charge in [-0.1, -0.05) is 25.5 Å². The van der Waals surface area contributed by atoms with Gasteiger partial charge in [0, 0.05) is 24.3 Å². The minimum Gasteiger partial charge on any atom is -0.504 e. The summed E-state index contributed by atoms with van der Waals surface area (Å²) in [7, 11) is 2.40. The highest BCUT2D eigenvalue weighted by molar-refractivity contribution is 5.63. The number of likely N-dealkylation sites (N-methyl/N-ethyl adjacent to an activating group) is 1. The molecule has 3 fully saturated rings. The number of hydrogen-bond donors (Lipinski definition) is 2.